The normalized spacial score (nSPS) is 10.8. The highest BCUT2D eigenvalue weighted by atomic mass is 16.5. The van der Waals surface area contributed by atoms with E-state index in [-0.39, 0.29) is 6.10 Å². The monoisotopic (exact) mass is 277 g/mol. The van der Waals surface area contributed by atoms with Crippen molar-refractivity contribution < 1.29 is 9.47 Å². The van der Waals surface area contributed by atoms with E-state index in [0.717, 1.165) is 17.1 Å². The maximum absolute atomic E-state index is 5.68. The molecule has 1 aromatic heterocycles. The molecule has 0 aliphatic carbocycles. The molecule has 1 heterocycles. The fraction of sp³-hybridized carbons (Fsp3) is 0.462. The van der Waals surface area contributed by atoms with Crippen LogP contribution in [0.5, 0.6) is 11.5 Å². The highest BCUT2D eigenvalue weighted by molar-refractivity contribution is 5.43. The summed E-state index contributed by atoms with van der Waals surface area (Å²) in [5.74, 6) is 2.12. The molecule has 108 valence electrons. The molecule has 2 aromatic rings. The number of hydrogen-bond donors (Lipinski definition) is 2. The van der Waals surface area contributed by atoms with Gasteiger partial charge in [0.05, 0.1) is 19.8 Å². The second-order valence-electron chi connectivity index (χ2n) is 4.58. The van der Waals surface area contributed by atoms with Gasteiger partial charge in [0, 0.05) is 6.54 Å². The Morgan fingerprint density at radius 2 is 2.10 bits per heavy atom. The zero-order valence-corrected chi connectivity index (χ0v) is 11.9. The van der Waals surface area contributed by atoms with Crippen LogP contribution in [0.3, 0.4) is 0 Å². The molecule has 2 rings (SSSR count). The van der Waals surface area contributed by atoms with Gasteiger partial charge >= 0.3 is 0 Å². The quantitative estimate of drug-likeness (QED) is 0.793. The molecule has 2 N–H and O–H groups in total. The average Bonchev–Trinajstić information content (AvgIpc) is 2.93. The smallest absolute Gasteiger partial charge is 0.188 e. The van der Waals surface area contributed by atoms with E-state index >= 15 is 0 Å². The summed E-state index contributed by atoms with van der Waals surface area (Å²) in [5.41, 5.74) is 1.10. The van der Waals surface area contributed by atoms with Gasteiger partial charge in [0.2, 0.25) is 0 Å². The Morgan fingerprint density at radius 3 is 2.75 bits per heavy atom. The first-order chi connectivity index (χ1) is 9.69. The summed E-state index contributed by atoms with van der Waals surface area (Å²) < 4.78 is 11.0. The third-order valence-electron chi connectivity index (χ3n) is 2.59. The van der Waals surface area contributed by atoms with E-state index in [1.54, 1.807) is 7.11 Å². The molecule has 0 atom stereocenters. The van der Waals surface area contributed by atoms with Gasteiger partial charge < -0.3 is 14.8 Å². The molecule has 0 aliphatic rings. The van der Waals surface area contributed by atoms with Gasteiger partial charge in [-0.15, -0.1) is 10.2 Å². The maximum atomic E-state index is 5.68. The van der Waals surface area contributed by atoms with E-state index in [4.69, 9.17) is 9.47 Å². The molecular weight excluding hydrogens is 258 g/mol. The number of tetrazole rings is 1. The molecule has 0 fully saturated rings. The average molecular weight is 277 g/mol. The molecule has 7 nitrogen and oxygen atoms in total. The minimum Gasteiger partial charge on any atom is -0.493 e. The first-order valence-electron chi connectivity index (χ1n) is 6.45. The van der Waals surface area contributed by atoms with Crippen molar-refractivity contribution >= 4 is 0 Å². The molecule has 0 unspecified atom stereocenters. The number of ether oxygens (including phenoxy) is 2. The van der Waals surface area contributed by atoms with Gasteiger partial charge in [-0.3, -0.25) is 0 Å². The number of nitrogens with one attached hydrogen (secondary N) is 2. The van der Waals surface area contributed by atoms with Gasteiger partial charge in [0.1, 0.15) is 0 Å². The summed E-state index contributed by atoms with van der Waals surface area (Å²) in [7, 11) is 1.64. The SMILES string of the molecule is COc1cc(CNCc2nn[nH]n2)ccc1OC(C)C. The van der Waals surface area contributed by atoms with Crippen molar-refractivity contribution in [2.24, 2.45) is 0 Å². The minimum absolute atomic E-state index is 0.117. The number of hydrogen-bond acceptors (Lipinski definition) is 6. The highest BCUT2D eigenvalue weighted by Gasteiger charge is 2.07. The van der Waals surface area contributed by atoms with E-state index < -0.39 is 0 Å². The van der Waals surface area contributed by atoms with Gasteiger partial charge in [-0.05, 0) is 31.5 Å². The fourth-order valence-electron chi connectivity index (χ4n) is 1.75. The van der Waals surface area contributed by atoms with Crippen molar-refractivity contribution in [3.8, 4) is 11.5 Å². The van der Waals surface area contributed by atoms with Crippen LogP contribution in [0.15, 0.2) is 18.2 Å². The zero-order valence-electron chi connectivity index (χ0n) is 11.9. The molecule has 7 heteroatoms. The summed E-state index contributed by atoms with van der Waals surface area (Å²) in [4.78, 5) is 0. The van der Waals surface area contributed by atoms with Crippen LogP contribution in [0.2, 0.25) is 0 Å². The minimum atomic E-state index is 0.117. The first-order valence-corrected chi connectivity index (χ1v) is 6.45. The van der Waals surface area contributed by atoms with Crippen LogP contribution in [0.25, 0.3) is 0 Å². The van der Waals surface area contributed by atoms with E-state index in [2.05, 4.69) is 25.9 Å². The highest BCUT2D eigenvalue weighted by Crippen LogP contribution is 2.28. The summed E-state index contributed by atoms with van der Waals surface area (Å²) in [6, 6.07) is 5.88. The van der Waals surface area contributed by atoms with Crippen molar-refractivity contribution in [3.05, 3.63) is 29.6 Å². The summed E-state index contributed by atoms with van der Waals surface area (Å²) >= 11 is 0. The van der Waals surface area contributed by atoms with E-state index in [0.29, 0.717) is 18.9 Å². The molecule has 1 aromatic carbocycles. The Hall–Kier alpha value is -2.15. The van der Waals surface area contributed by atoms with E-state index in [1.165, 1.54) is 0 Å². The molecule has 0 saturated carbocycles. The largest absolute Gasteiger partial charge is 0.493 e. The number of benzene rings is 1. The van der Waals surface area contributed by atoms with Crippen molar-refractivity contribution in [2.45, 2.75) is 33.0 Å². The molecule has 0 radical (unpaired) electrons. The third-order valence-corrected chi connectivity index (χ3v) is 2.59. The molecule has 0 bridgehead atoms. The summed E-state index contributed by atoms with van der Waals surface area (Å²) in [5, 5.41) is 16.9. The number of H-pyrrole nitrogens is 1. The molecule has 0 amide bonds. The molecule has 20 heavy (non-hydrogen) atoms. The predicted octanol–water partition coefficient (Wildman–Crippen LogP) is 1.29. The van der Waals surface area contributed by atoms with E-state index in [9.17, 15) is 0 Å². The lowest BCUT2D eigenvalue weighted by Gasteiger charge is -2.14. The zero-order chi connectivity index (χ0) is 14.4. The second kappa shape index (κ2) is 6.85. The van der Waals surface area contributed by atoms with E-state index in [1.807, 2.05) is 32.0 Å². The summed E-state index contributed by atoms with van der Waals surface area (Å²) in [6.45, 7) is 5.22. The second-order valence-corrected chi connectivity index (χ2v) is 4.58. The van der Waals surface area contributed by atoms with Crippen LogP contribution >= 0.6 is 0 Å². The van der Waals surface area contributed by atoms with Gasteiger partial charge in [-0.1, -0.05) is 11.3 Å². The third kappa shape index (κ3) is 3.92. The van der Waals surface area contributed by atoms with Crippen LogP contribution in [-0.4, -0.2) is 33.8 Å². The lowest BCUT2D eigenvalue weighted by atomic mass is 10.2. The van der Waals surface area contributed by atoms with Gasteiger partial charge in [-0.25, -0.2) is 0 Å². The number of aromatic amines is 1. The Kier molecular flexibility index (Phi) is 4.89. The van der Waals surface area contributed by atoms with Crippen molar-refractivity contribution in [3.63, 3.8) is 0 Å². The topological polar surface area (TPSA) is 85.0 Å². The first kappa shape index (κ1) is 14.3. The summed E-state index contributed by atoms with van der Waals surface area (Å²) in [6.07, 6.45) is 0.117. The Morgan fingerprint density at radius 1 is 1.25 bits per heavy atom. The number of methoxy groups -OCH3 is 1. The van der Waals surface area contributed by atoms with Crippen LogP contribution in [0, 0.1) is 0 Å². The lowest BCUT2D eigenvalue weighted by Crippen LogP contribution is -2.14. The van der Waals surface area contributed by atoms with Crippen LogP contribution in [0.1, 0.15) is 25.2 Å². The standard InChI is InChI=1S/C13H19N5O2/c1-9(2)20-11-5-4-10(6-12(11)19-3)7-14-8-13-15-17-18-16-13/h4-6,9,14H,7-8H2,1-3H3,(H,15,16,17,18). The fourth-order valence-corrected chi connectivity index (χ4v) is 1.75. The van der Waals surface area contributed by atoms with Gasteiger partial charge in [0.25, 0.3) is 0 Å². The molecule has 0 aliphatic heterocycles. The Labute approximate surface area is 117 Å². The van der Waals surface area contributed by atoms with Crippen molar-refractivity contribution in [2.75, 3.05) is 7.11 Å². The van der Waals surface area contributed by atoms with Crippen LogP contribution in [-0.2, 0) is 13.1 Å². The molecule has 0 spiro atoms. The van der Waals surface area contributed by atoms with Crippen LogP contribution in [0.4, 0.5) is 0 Å². The van der Waals surface area contributed by atoms with Gasteiger partial charge in [0.15, 0.2) is 17.3 Å². The maximum Gasteiger partial charge on any atom is 0.188 e. The van der Waals surface area contributed by atoms with Crippen molar-refractivity contribution in [1.29, 1.82) is 0 Å². The van der Waals surface area contributed by atoms with Crippen LogP contribution < -0.4 is 14.8 Å². The predicted molar refractivity (Wildman–Crippen MR) is 73.5 cm³/mol. The van der Waals surface area contributed by atoms with Crippen molar-refractivity contribution in [1.82, 2.24) is 25.9 Å². The molecular formula is C13H19N5O2. The number of aromatic nitrogens is 4. The number of rotatable bonds is 7. The van der Waals surface area contributed by atoms with Gasteiger partial charge in [-0.2, -0.15) is 5.21 Å². The Bertz CT molecular complexity index is 528. The lowest BCUT2D eigenvalue weighted by molar-refractivity contribution is 0.230. The Balaban J connectivity index is 1.94. The molecule has 0 saturated heterocycles. The number of nitrogens with zero attached hydrogens (tertiary/aromatic N) is 3.